The molecule has 1 unspecified atom stereocenters. The van der Waals surface area contributed by atoms with Crippen molar-refractivity contribution in [3.63, 3.8) is 0 Å². The van der Waals surface area contributed by atoms with Gasteiger partial charge in [-0.15, -0.1) is 0 Å². The number of nitrogens with one attached hydrogen (secondary N) is 1. The standard InChI is InChI=1S/C10H14N2O3S/c1-8(9(2)13)11-12-16(14,15)10-6-4-3-5-7-10/h3-7,9,12-13H,1-2H3. The number of sulfonamides is 1. The van der Waals surface area contributed by atoms with Crippen LogP contribution < -0.4 is 4.83 Å². The number of hydrogen-bond acceptors (Lipinski definition) is 4. The van der Waals surface area contributed by atoms with Crippen molar-refractivity contribution in [2.24, 2.45) is 5.10 Å². The first-order chi connectivity index (χ1) is 7.43. The van der Waals surface area contributed by atoms with Crippen LogP contribution in [-0.2, 0) is 10.0 Å². The highest BCUT2D eigenvalue weighted by Gasteiger charge is 2.12. The molecule has 0 aromatic heterocycles. The molecule has 0 spiro atoms. The van der Waals surface area contributed by atoms with Gasteiger partial charge >= 0.3 is 0 Å². The van der Waals surface area contributed by atoms with Crippen molar-refractivity contribution in [2.75, 3.05) is 0 Å². The number of hydrogen-bond donors (Lipinski definition) is 2. The van der Waals surface area contributed by atoms with Crippen LogP contribution in [0.4, 0.5) is 0 Å². The number of benzene rings is 1. The first kappa shape index (κ1) is 12.7. The van der Waals surface area contributed by atoms with E-state index in [9.17, 15) is 8.42 Å². The lowest BCUT2D eigenvalue weighted by atomic mass is 10.3. The smallest absolute Gasteiger partial charge is 0.276 e. The predicted octanol–water partition coefficient (Wildman–Crippen LogP) is 0.722. The number of hydrazone groups is 1. The summed E-state index contributed by atoms with van der Waals surface area (Å²) >= 11 is 0. The summed E-state index contributed by atoms with van der Waals surface area (Å²) in [6.45, 7) is 3.05. The molecule has 0 saturated carbocycles. The van der Waals surface area contributed by atoms with E-state index in [-0.39, 0.29) is 4.90 Å². The van der Waals surface area contributed by atoms with Gasteiger partial charge < -0.3 is 5.11 Å². The molecule has 0 aliphatic heterocycles. The summed E-state index contributed by atoms with van der Waals surface area (Å²) in [6.07, 6.45) is -0.779. The molecule has 16 heavy (non-hydrogen) atoms. The van der Waals surface area contributed by atoms with Crippen LogP contribution >= 0.6 is 0 Å². The highest BCUT2D eigenvalue weighted by molar-refractivity contribution is 7.89. The topological polar surface area (TPSA) is 78.8 Å². The zero-order valence-corrected chi connectivity index (χ0v) is 9.90. The van der Waals surface area contributed by atoms with Crippen molar-refractivity contribution in [1.82, 2.24) is 4.83 Å². The predicted molar refractivity (Wildman–Crippen MR) is 61.6 cm³/mol. The van der Waals surface area contributed by atoms with E-state index >= 15 is 0 Å². The minimum atomic E-state index is -3.64. The van der Waals surface area contributed by atoms with Crippen molar-refractivity contribution < 1.29 is 13.5 Å². The van der Waals surface area contributed by atoms with Crippen molar-refractivity contribution in [3.8, 4) is 0 Å². The summed E-state index contributed by atoms with van der Waals surface area (Å²) in [5.74, 6) is 0. The molecular weight excluding hydrogens is 228 g/mol. The molecule has 0 amide bonds. The van der Waals surface area contributed by atoms with Gasteiger partial charge in [-0.05, 0) is 26.0 Å². The molecule has 0 aliphatic rings. The monoisotopic (exact) mass is 242 g/mol. The first-order valence-corrected chi connectivity index (χ1v) is 6.21. The van der Waals surface area contributed by atoms with E-state index in [2.05, 4.69) is 9.93 Å². The van der Waals surface area contributed by atoms with Crippen LogP contribution in [0.25, 0.3) is 0 Å². The Labute approximate surface area is 94.9 Å². The van der Waals surface area contributed by atoms with Crippen LogP contribution in [0, 0.1) is 0 Å². The fourth-order valence-corrected chi connectivity index (χ4v) is 1.76. The fourth-order valence-electron chi connectivity index (χ4n) is 0.878. The highest BCUT2D eigenvalue weighted by atomic mass is 32.2. The Balaban J connectivity index is 2.86. The van der Waals surface area contributed by atoms with Gasteiger partial charge in [-0.1, -0.05) is 18.2 Å². The summed E-state index contributed by atoms with van der Waals surface area (Å²) in [5.41, 5.74) is 0.305. The van der Waals surface area contributed by atoms with E-state index in [1.54, 1.807) is 18.2 Å². The normalized spacial score (nSPS) is 14.6. The average molecular weight is 242 g/mol. The third kappa shape index (κ3) is 3.32. The molecule has 5 nitrogen and oxygen atoms in total. The van der Waals surface area contributed by atoms with Gasteiger partial charge in [0.1, 0.15) is 0 Å². The molecule has 0 heterocycles. The van der Waals surface area contributed by atoms with Gasteiger partial charge in [0.25, 0.3) is 10.0 Å². The van der Waals surface area contributed by atoms with Crippen molar-refractivity contribution in [1.29, 1.82) is 0 Å². The van der Waals surface area contributed by atoms with Crippen LogP contribution in [-0.4, -0.2) is 25.3 Å². The van der Waals surface area contributed by atoms with Gasteiger partial charge in [-0.2, -0.15) is 13.5 Å². The molecule has 1 aromatic rings. The Morgan fingerprint density at radius 2 is 1.94 bits per heavy atom. The van der Waals surface area contributed by atoms with Crippen molar-refractivity contribution in [3.05, 3.63) is 30.3 Å². The van der Waals surface area contributed by atoms with E-state index < -0.39 is 16.1 Å². The third-order valence-corrected chi connectivity index (χ3v) is 3.22. The third-order valence-electron chi connectivity index (χ3n) is 2.00. The van der Waals surface area contributed by atoms with Gasteiger partial charge in [0, 0.05) is 0 Å². The highest BCUT2D eigenvalue weighted by Crippen LogP contribution is 2.06. The molecule has 0 saturated heterocycles. The van der Waals surface area contributed by atoms with E-state index in [1.165, 1.54) is 26.0 Å². The van der Waals surface area contributed by atoms with Crippen LogP contribution in [0.1, 0.15) is 13.8 Å². The van der Waals surface area contributed by atoms with E-state index in [1.807, 2.05) is 0 Å². The number of aliphatic hydroxyl groups excluding tert-OH is 1. The molecule has 1 atom stereocenters. The van der Waals surface area contributed by atoms with Crippen LogP contribution in [0.3, 0.4) is 0 Å². The van der Waals surface area contributed by atoms with Gasteiger partial charge in [-0.3, -0.25) is 0 Å². The second kappa shape index (κ2) is 5.09. The lowest BCUT2D eigenvalue weighted by Crippen LogP contribution is -2.23. The molecule has 0 fully saturated rings. The number of rotatable bonds is 4. The molecule has 88 valence electrons. The summed E-state index contributed by atoms with van der Waals surface area (Å²) in [4.78, 5) is 2.19. The zero-order chi connectivity index (χ0) is 12.2. The van der Waals surface area contributed by atoms with Crippen LogP contribution in [0.2, 0.25) is 0 Å². The summed E-state index contributed by atoms with van der Waals surface area (Å²) in [5, 5.41) is 12.7. The van der Waals surface area contributed by atoms with Crippen molar-refractivity contribution in [2.45, 2.75) is 24.8 Å². The maximum atomic E-state index is 11.7. The average Bonchev–Trinajstić information content (AvgIpc) is 2.27. The molecule has 1 aromatic carbocycles. The molecule has 2 N–H and O–H groups in total. The molecule has 1 rings (SSSR count). The van der Waals surface area contributed by atoms with E-state index in [0.717, 1.165) is 0 Å². The molecule has 0 aliphatic carbocycles. The second-order valence-corrected chi connectivity index (χ2v) is 5.00. The first-order valence-electron chi connectivity index (χ1n) is 4.72. The number of aliphatic hydroxyl groups is 1. The van der Waals surface area contributed by atoms with Crippen molar-refractivity contribution >= 4 is 15.7 Å². The number of nitrogens with zero attached hydrogens (tertiary/aromatic N) is 1. The van der Waals surface area contributed by atoms with Gasteiger partial charge in [-0.25, -0.2) is 4.83 Å². The zero-order valence-electron chi connectivity index (χ0n) is 9.08. The quantitative estimate of drug-likeness (QED) is 0.603. The summed E-state index contributed by atoms with van der Waals surface area (Å²) in [7, 11) is -3.64. The Hall–Kier alpha value is -1.40. The Kier molecular flexibility index (Phi) is 4.03. The largest absolute Gasteiger partial charge is 0.387 e. The van der Waals surface area contributed by atoms with E-state index in [0.29, 0.717) is 5.71 Å². The molecule has 0 radical (unpaired) electrons. The van der Waals surface area contributed by atoms with Crippen LogP contribution in [0.5, 0.6) is 0 Å². The minimum Gasteiger partial charge on any atom is -0.387 e. The molecular formula is C10H14N2O3S. The Morgan fingerprint density at radius 3 is 2.44 bits per heavy atom. The Bertz CT molecular complexity index is 466. The summed E-state index contributed by atoms with van der Waals surface area (Å²) < 4.78 is 23.3. The minimum absolute atomic E-state index is 0.136. The lowest BCUT2D eigenvalue weighted by molar-refractivity contribution is 0.261. The SMILES string of the molecule is CC(=NNS(=O)(=O)c1ccccc1)C(C)O. The second-order valence-electron chi connectivity index (χ2n) is 3.34. The summed E-state index contributed by atoms with van der Waals surface area (Å²) in [6, 6.07) is 7.91. The van der Waals surface area contributed by atoms with Gasteiger partial charge in [0.05, 0.1) is 16.7 Å². The molecule has 0 bridgehead atoms. The maximum absolute atomic E-state index is 11.7. The maximum Gasteiger partial charge on any atom is 0.276 e. The fraction of sp³-hybridized carbons (Fsp3) is 0.300. The van der Waals surface area contributed by atoms with Gasteiger partial charge in [0.2, 0.25) is 0 Å². The van der Waals surface area contributed by atoms with Crippen LogP contribution in [0.15, 0.2) is 40.3 Å². The Morgan fingerprint density at radius 1 is 1.38 bits per heavy atom. The van der Waals surface area contributed by atoms with E-state index in [4.69, 9.17) is 5.11 Å². The lowest BCUT2D eigenvalue weighted by Gasteiger charge is -2.06. The van der Waals surface area contributed by atoms with Gasteiger partial charge in [0.15, 0.2) is 0 Å². The molecule has 6 heteroatoms.